The molecule has 1 aliphatic heterocycles. The molecule has 2 N–H and O–H groups in total. The van der Waals surface area contributed by atoms with E-state index in [-0.39, 0.29) is 5.91 Å². The van der Waals surface area contributed by atoms with Gasteiger partial charge in [0.25, 0.3) is 11.8 Å². The van der Waals surface area contributed by atoms with Crippen molar-refractivity contribution in [3.05, 3.63) is 70.6 Å². The molecule has 0 spiro atoms. The molecule has 4 aromatic rings. The van der Waals surface area contributed by atoms with E-state index in [1.165, 1.54) is 0 Å². The lowest BCUT2D eigenvalue weighted by molar-refractivity contribution is -0.122. The Balaban J connectivity index is 1.81. The molecule has 0 bridgehead atoms. The zero-order valence-corrected chi connectivity index (χ0v) is 17.9. The summed E-state index contributed by atoms with van der Waals surface area (Å²) < 4.78 is 5.98. The number of benzene rings is 2. The molecule has 1 aliphatic rings. The second-order valence-corrected chi connectivity index (χ2v) is 8.33. The average Bonchev–Trinajstić information content (AvgIpc) is 3.34. The minimum absolute atomic E-state index is 0.366. The topological polar surface area (TPSA) is 78.3 Å². The van der Waals surface area contributed by atoms with Gasteiger partial charge in [0.1, 0.15) is 11.3 Å². The summed E-state index contributed by atoms with van der Waals surface area (Å²) in [6.07, 6.45) is 1.81. The van der Waals surface area contributed by atoms with Gasteiger partial charge in [-0.25, -0.2) is 0 Å². The lowest BCUT2D eigenvalue weighted by atomic mass is 9.93. The van der Waals surface area contributed by atoms with Crippen molar-refractivity contribution in [1.82, 2.24) is 15.2 Å². The quantitative estimate of drug-likeness (QED) is 0.493. The van der Waals surface area contributed by atoms with Crippen LogP contribution in [-0.4, -0.2) is 35.8 Å². The van der Waals surface area contributed by atoms with Gasteiger partial charge in [-0.1, -0.05) is 24.3 Å². The van der Waals surface area contributed by atoms with Gasteiger partial charge in [0.05, 0.1) is 11.1 Å². The van der Waals surface area contributed by atoms with Crippen molar-refractivity contribution in [3.8, 4) is 0 Å². The minimum Gasteiger partial charge on any atom is -0.461 e. The molecular weight excluding hydrogens is 390 g/mol. The first-order chi connectivity index (χ1) is 14.8. The lowest BCUT2D eigenvalue weighted by Crippen LogP contribution is -2.22. The second kappa shape index (κ2) is 6.96. The summed E-state index contributed by atoms with van der Waals surface area (Å²) >= 11 is 0. The van der Waals surface area contributed by atoms with E-state index in [9.17, 15) is 9.59 Å². The molecule has 31 heavy (non-hydrogen) atoms. The number of aromatic amines is 1. The molecular formula is C25H23N3O3. The van der Waals surface area contributed by atoms with Gasteiger partial charge in [0, 0.05) is 40.2 Å². The lowest BCUT2D eigenvalue weighted by Gasteiger charge is -2.09. The molecule has 0 radical (unpaired) electrons. The Bertz CT molecular complexity index is 1420. The van der Waals surface area contributed by atoms with E-state index in [1.807, 2.05) is 64.3 Å². The third kappa shape index (κ3) is 2.99. The van der Waals surface area contributed by atoms with E-state index >= 15 is 0 Å². The largest absolute Gasteiger partial charge is 0.461 e. The Kier molecular flexibility index (Phi) is 4.34. The van der Waals surface area contributed by atoms with Crippen LogP contribution < -0.4 is 5.32 Å². The molecule has 2 aromatic heterocycles. The summed E-state index contributed by atoms with van der Waals surface area (Å²) in [6.45, 7) is 4.61. The van der Waals surface area contributed by atoms with E-state index in [1.54, 1.807) is 6.20 Å². The van der Waals surface area contributed by atoms with Crippen LogP contribution in [0.2, 0.25) is 0 Å². The molecule has 0 fully saturated rings. The zero-order chi connectivity index (χ0) is 21.9. The van der Waals surface area contributed by atoms with E-state index < -0.39 is 5.91 Å². The zero-order valence-electron chi connectivity index (χ0n) is 17.9. The van der Waals surface area contributed by atoms with Crippen molar-refractivity contribution >= 4 is 44.8 Å². The van der Waals surface area contributed by atoms with E-state index in [0.717, 1.165) is 39.5 Å². The Morgan fingerprint density at radius 1 is 0.968 bits per heavy atom. The molecule has 6 heteroatoms. The normalized spacial score (nSPS) is 14.5. The van der Waals surface area contributed by atoms with Gasteiger partial charge >= 0.3 is 0 Å². The van der Waals surface area contributed by atoms with Crippen LogP contribution in [0.5, 0.6) is 0 Å². The highest BCUT2D eigenvalue weighted by atomic mass is 16.3. The predicted octanol–water partition coefficient (Wildman–Crippen LogP) is 4.16. The highest BCUT2D eigenvalue weighted by Crippen LogP contribution is 2.40. The van der Waals surface area contributed by atoms with Gasteiger partial charge in [-0.05, 0) is 51.2 Å². The molecule has 5 rings (SSSR count). The van der Waals surface area contributed by atoms with Gasteiger partial charge in [0.15, 0.2) is 0 Å². The van der Waals surface area contributed by atoms with Gasteiger partial charge in [0.2, 0.25) is 0 Å². The number of fused-ring (bicyclic) bond motifs is 2. The number of H-pyrrole nitrogens is 1. The van der Waals surface area contributed by atoms with Crippen LogP contribution in [0.4, 0.5) is 0 Å². The predicted molar refractivity (Wildman–Crippen MR) is 121 cm³/mol. The van der Waals surface area contributed by atoms with Crippen LogP contribution in [0, 0.1) is 13.8 Å². The fourth-order valence-electron chi connectivity index (χ4n) is 4.50. The number of furan rings is 1. The Morgan fingerprint density at radius 2 is 1.74 bits per heavy atom. The van der Waals surface area contributed by atoms with Crippen molar-refractivity contribution in [1.29, 1.82) is 0 Å². The van der Waals surface area contributed by atoms with E-state index in [4.69, 9.17) is 4.42 Å². The van der Waals surface area contributed by atoms with Crippen LogP contribution in [0.15, 0.2) is 47.0 Å². The van der Waals surface area contributed by atoms with Gasteiger partial charge in [-0.3, -0.25) is 14.9 Å². The van der Waals surface area contributed by atoms with Gasteiger partial charge < -0.3 is 14.3 Å². The highest BCUT2D eigenvalue weighted by Gasteiger charge is 2.36. The van der Waals surface area contributed by atoms with Gasteiger partial charge in [-0.2, -0.15) is 0 Å². The molecule has 0 atom stereocenters. The number of para-hydroxylation sites is 1. The second-order valence-electron chi connectivity index (χ2n) is 8.33. The maximum Gasteiger partial charge on any atom is 0.259 e. The molecule has 2 amide bonds. The van der Waals surface area contributed by atoms with Crippen molar-refractivity contribution in [3.63, 3.8) is 0 Å². The molecule has 0 unspecified atom stereocenters. The Labute approximate surface area is 179 Å². The number of hydrogen-bond donors (Lipinski definition) is 2. The number of carbonyl (C=O) groups excluding carboxylic acids is 2. The molecule has 2 aromatic carbocycles. The summed E-state index contributed by atoms with van der Waals surface area (Å²) in [5.74, 6) is -0.170. The molecule has 0 saturated heterocycles. The summed E-state index contributed by atoms with van der Waals surface area (Å²) in [4.78, 5) is 31.3. The Morgan fingerprint density at radius 3 is 2.52 bits per heavy atom. The summed E-state index contributed by atoms with van der Waals surface area (Å²) in [5, 5.41) is 4.25. The van der Waals surface area contributed by atoms with Crippen LogP contribution in [0.25, 0.3) is 33.0 Å². The molecule has 3 heterocycles. The molecule has 156 valence electrons. The SMILES string of the molecule is Cc1oc2ccc(CN(C)C)cc2c1C1=C(c2c[nH]c3c(C)cccc23)C(=O)NC1=O. The maximum absolute atomic E-state index is 13.0. The molecule has 0 aliphatic carbocycles. The minimum atomic E-state index is -0.397. The van der Waals surface area contributed by atoms with Crippen molar-refractivity contribution in [2.45, 2.75) is 20.4 Å². The number of aromatic nitrogens is 1. The fourth-order valence-corrected chi connectivity index (χ4v) is 4.50. The first-order valence-corrected chi connectivity index (χ1v) is 10.2. The number of aryl methyl sites for hydroxylation is 2. The van der Waals surface area contributed by atoms with E-state index in [2.05, 4.69) is 15.2 Å². The summed E-state index contributed by atoms with van der Waals surface area (Å²) in [6, 6.07) is 11.9. The molecule has 6 nitrogen and oxygen atoms in total. The number of imide groups is 1. The van der Waals surface area contributed by atoms with Crippen molar-refractivity contribution < 1.29 is 14.0 Å². The van der Waals surface area contributed by atoms with Crippen molar-refractivity contribution in [2.24, 2.45) is 0 Å². The number of amides is 2. The first-order valence-electron chi connectivity index (χ1n) is 10.2. The highest BCUT2D eigenvalue weighted by molar-refractivity contribution is 6.51. The summed E-state index contributed by atoms with van der Waals surface area (Å²) in [5.41, 5.74) is 5.98. The monoisotopic (exact) mass is 413 g/mol. The van der Waals surface area contributed by atoms with Crippen LogP contribution in [0.1, 0.15) is 28.0 Å². The number of carbonyl (C=O) groups is 2. The number of nitrogens with zero attached hydrogens (tertiary/aromatic N) is 1. The smallest absolute Gasteiger partial charge is 0.259 e. The third-order valence-corrected chi connectivity index (χ3v) is 5.80. The van der Waals surface area contributed by atoms with Crippen LogP contribution >= 0.6 is 0 Å². The average molecular weight is 413 g/mol. The van der Waals surface area contributed by atoms with E-state index in [0.29, 0.717) is 28.1 Å². The summed E-state index contributed by atoms with van der Waals surface area (Å²) in [7, 11) is 4.02. The maximum atomic E-state index is 13.0. The first kappa shape index (κ1) is 19.3. The van der Waals surface area contributed by atoms with Crippen LogP contribution in [-0.2, 0) is 16.1 Å². The third-order valence-electron chi connectivity index (χ3n) is 5.80. The van der Waals surface area contributed by atoms with Gasteiger partial charge in [-0.15, -0.1) is 0 Å². The Hall–Kier alpha value is -3.64. The van der Waals surface area contributed by atoms with Crippen LogP contribution in [0.3, 0.4) is 0 Å². The standard InChI is InChI=1S/C25H23N3O3/c1-13-6-5-7-16-18(11-26-23(13)16)21-22(25(30)27-24(21)29)20-14(2)31-19-9-8-15(10-17(19)20)12-28(3)4/h5-11,26H,12H2,1-4H3,(H,27,29,30). The molecule has 0 saturated carbocycles. The fraction of sp³-hybridized carbons (Fsp3) is 0.200. The number of nitrogens with one attached hydrogen (secondary N) is 2. The number of hydrogen-bond acceptors (Lipinski definition) is 4. The number of rotatable bonds is 4. The van der Waals surface area contributed by atoms with Crippen molar-refractivity contribution in [2.75, 3.05) is 14.1 Å².